The standard InChI is InChI=1S/C20H12N4O3S/c25-19-18(28-20-21-16-5-1-2-6-17(16)23(19)20)12-15-4-3-11-22(15)13-7-9-14(10-8-13)24(26)27/h1-12H/b18-12+. The molecule has 0 amide bonds. The first kappa shape index (κ1) is 16.4. The van der Waals surface area contributed by atoms with E-state index in [0.717, 1.165) is 22.4 Å². The van der Waals surface area contributed by atoms with E-state index in [9.17, 15) is 14.9 Å². The molecule has 0 N–H and O–H groups in total. The first-order chi connectivity index (χ1) is 13.6. The molecule has 8 heteroatoms. The first-order valence-electron chi connectivity index (χ1n) is 8.46. The summed E-state index contributed by atoms with van der Waals surface area (Å²) in [5, 5.41) is 10.8. The molecule has 0 radical (unpaired) electrons. The molecule has 0 bridgehead atoms. The predicted molar refractivity (Wildman–Crippen MR) is 108 cm³/mol. The molecule has 0 saturated carbocycles. The third-order valence-electron chi connectivity index (χ3n) is 4.54. The van der Waals surface area contributed by atoms with Gasteiger partial charge in [0.25, 0.3) is 11.2 Å². The number of nitro groups is 1. The van der Waals surface area contributed by atoms with Gasteiger partial charge in [0, 0.05) is 29.7 Å². The third kappa shape index (κ3) is 2.50. The molecule has 136 valence electrons. The molecule has 3 aromatic heterocycles. The Hall–Kier alpha value is -3.78. The highest BCUT2D eigenvalue weighted by Crippen LogP contribution is 2.19. The molecule has 3 heterocycles. The zero-order valence-electron chi connectivity index (χ0n) is 14.4. The maximum atomic E-state index is 12.9. The van der Waals surface area contributed by atoms with Gasteiger partial charge in [0.1, 0.15) is 0 Å². The molecule has 2 aromatic carbocycles. The Morgan fingerprint density at radius 3 is 2.61 bits per heavy atom. The quantitative estimate of drug-likeness (QED) is 0.351. The second-order valence-corrected chi connectivity index (χ2v) is 7.22. The highest BCUT2D eigenvalue weighted by atomic mass is 32.1. The van der Waals surface area contributed by atoms with Crippen molar-refractivity contribution < 1.29 is 4.92 Å². The molecular formula is C20H12N4O3S. The van der Waals surface area contributed by atoms with E-state index in [-0.39, 0.29) is 11.2 Å². The van der Waals surface area contributed by atoms with Crippen molar-refractivity contribution in [2.45, 2.75) is 0 Å². The summed E-state index contributed by atoms with van der Waals surface area (Å²) < 4.78 is 4.09. The van der Waals surface area contributed by atoms with Gasteiger partial charge in [0.2, 0.25) is 0 Å². The summed E-state index contributed by atoms with van der Waals surface area (Å²) in [4.78, 5) is 28.5. The SMILES string of the molecule is O=c1/c(=C\c2cccn2-c2ccc([N+](=O)[O-])cc2)sc2nc3ccccc3n12. The summed E-state index contributed by atoms with van der Waals surface area (Å²) in [5.41, 5.74) is 3.11. The van der Waals surface area contributed by atoms with Crippen LogP contribution in [0.25, 0.3) is 27.8 Å². The molecule has 5 aromatic rings. The molecule has 5 rings (SSSR count). The van der Waals surface area contributed by atoms with Crippen LogP contribution < -0.4 is 10.1 Å². The highest BCUT2D eigenvalue weighted by molar-refractivity contribution is 7.15. The van der Waals surface area contributed by atoms with E-state index in [0.29, 0.717) is 9.49 Å². The van der Waals surface area contributed by atoms with Gasteiger partial charge < -0.3 is 4.57 Å². The van der Waals surface area contributed by atoms with Gasteiger partial charge in [-0.1, -0.05) is 23.5 Å². The summed E-state index contributed by atoms with van der Waals surface area (Å²) in [6.07, 6.45) is 3.67. The number of non-ortho nitro benzene ring substituents is 1. The summed E-state index contributed by atoms with van der Waals surface area (Å²) in [6, 6.07) is 17.6. The second kappa shape index (κ2) is 6.14. The number of imidazole rings is 1. The summed E-state index contributed by atoms with van der Waals surface area (Å²) in [5.74, 6) is 0. The van der Waals surface area contributed by atoms with Gasteiger partial charge in [0.05, 0.1) is 20.5 Å². The zero-order valence-corrected chi connectivity index (χ0v) is 15.2. The predicted octanol–water partition coefficient (Wildman–Crippen LogP) is 3.16. The van der Waals surface area contributed by atoms with Crippen molar-refractivity contribution in [3.63, 3.8) is 0 Å². The summed E-state index contributed by atoms with van der Waals surface area (Å²) in [7, 11) is 0. The Balaban J connectivity index is 1.65. The largest absolute Gasteiger partial charge is 0.317 e. The topological polar surface area (TPSA) is 82.4 Å². The Morgan fingerprint density at radius 2 is 1.82 bits per heavy atom. The van der Waals surface area contributed by atoms with Gasteiger partial charge in [0.15, 0.2) is 4.96 Å². The Kier molecular flexibility index (Phi) is 3.59. The first-order valence-corrected chi connectivity index (χ1v) is 9.27. The van der Waals surface area contributed by atoms with Crippen LogP contribution in [-0.4, -0.2) is 18.9 Å². The lowest BCUT2D eigenvalue weighted by Crippen LogP contribution is -2.23. The molecule has 0 unspecified atom stereocenters. The number of para-hydroxylation sites is 2. The number of nitrogens with zero attached hydrogens (tertiary/aromatic N) is 4. The molecule has 28 heavy (non-hydrogen) atoms. The molecule has 0 saturated heterocycles. The van der Waals surface area contributed by atoms with Crippen molar-refractivity contribution in [3.8, 4) is 5.69 Å². The Morgan fingerprint density at radius 1 is 1.04 bits per heavy atom. The van der Waals surface area contributed by atoms with Crippen LogP contribution in [0.2, 0.25) is 0 Å². The molecule has 0 fully saturated rings. The number of benzene rings is 2. The van der Waals surface area contributed by atoms with Crippen LogP contribution in [0.5, 0.6) is 0 Å². The summed E-state index contributed by atoms with van der Waals surface area (Å²) >= 11 is 1.34. The third-order valence-corrected chi connectivity index (χ3v) is 5.51. The van der Waals surface area contributed by atoms with Crippen LogP contribution in [0.15, 0.2) is 71.7 Å². The number of aromatic nitrogens is 3. The average Bonchev–Trinajstić information content (AvgIpc) is 3.38. The van der Waals surface area contributed by atoms with Gasteiger partial charge in [-0.3, -0.25) is 14.9 Å². The van der Waals surface area contributed by atoms with Gasteiger partial charge in [-0.15, -0.1) is 0 Å². The lowest BCUT2D eigenvalue weighted by Gasteiger charge is -2.05. The molecular weight excluding hydrogens is 376 g/mol. The van der Waals surface area contributed by atoms with Crippen LogP contribution in [0.4, 0.5) is 5.69 Å². The fourth-order valence-electron chi connectivity index (χ4n) is 3.23. The van der Waals surface area contributed by atoms with Crippen molar-refractivity contribution in [2.24, 2.45) is 0 Å². The molecule has 0 aliphatic carbocycles. The van der Waals surface area contributed by atoms with Crippen LogP contribution in [-0.2, 0) is 0 Å². The maximum absolute atomic E-state index is 12.9. The highest BCUT2D eigenvalue weighted by Gasteiger charge is 2.11. The van der Waals surface area contributed by atoms with Crippen LogP contribution in [0.1, 0.15) is 5.69 Å². The zero-order chi connectivity index (χ0) is 19.3. The lowest BCUT2D eigenvalue weighted by atomic mass is 10.2. The molecule has 0 aliphatic heterocycles. The second-order valence-electron chi connectivity index (χ2n) is 6.21. The van der Waals surface area contributed by atoms with Gasteiger partial charge in [-0.05, 0) is 42.5 Å². The van der Waals surface area contributed by atoms with Gasteiger partial charge >= 0.3 is 0 Å². The maximum Gasteiger partial charge on any atom is 0.275 e. The van der Waals surface area contributed by atoms with Crippen LogP contribution >= 0.6 is 11.3 Å². The van der Waals surface area contributed by atoms with E-state index >= 15 is 0 Å². The molecule has 0 aliphatic rings. The van der Waals surface area contributed by atoms with Crippen molar-refractivity contribution in [1.82, 2.24) is 14.0 Å². The van der Waals surface area contributed by atoms with E-state index in [1.165, 1.54) is 23.5 Å². The van der Waals surface area contributed by atoms with Crippen molar-refractivity contribution >= 4 is 39.1 Å². The van der Waals surface area contributed by atoms with E-state index < -0.39 is 4.92 Å². The minimum absolute atomic E-state index is 0.0367. The van der Waals surface area contributed by atoms with E-state index in [1.54, 1.807) is 16.5 Å². The number of nitro benzene ring substituents is 1. The number of fused-ring (bicyclic) bond motifs is 3. The fraction of sp³-hybridized carbons (Fsp3) is 0. The van der Waals surface area contributed by atoms with Crippen molar-refractivity contribution in [2.75, 3.05) is 0 Å². The Labute approximate surface area is 161 Å². The lowest BCUT2D eigenvalue weighted by molar-refractivity contribution is -0.384. The number of rotatable bonds is 3. The van der Waals surface area contributed by atoms with Crippen molar-refractivity contribution in [3.05, 3.63) is 97.6 Å². The smallest absolute Gasteiger partial charge is 0.275 e. The van der Waals surface area contributed by atoms with E-state index in [2.05, 4.69) is 4.98 Å². The van der Waals surface area contributed by atoms with E-state index in [1.807, 2.05) is 53.2 Å². The average molecular weight is 388 g/mol. The monoisotopic (exact) mass is 388 g/mol. The van der Waals surface area contributed by atoms with Gasteiger partial charge in [-0.25, -0.2) is 9.38 Å². The normalized spacial score (nSPS) is 12.2. The molecule has 7 nitrogen and oxygen atoms in total. The van der Waals surface area contributed by atoms with Crippen LogP contribution in [0, 0.1) is 10.1 Å². The minimum Gasteiger partial charge on any atom is -0.317 e. The Bertz CT molecular complexity index is 1460. The number of hydrogen-bond acceptors (Lipinski definition) is 5. The van der Waals surface area contributed by atoms with Crippen molar-refractivity contribution in [1.29, 1.82) is 0 Å². The number of thiazole rings is 1. The fourth-order valence-corrected chi connectivity index (χ4v) is 4.20. The minimum atomic E-state index is -0.429. The van der Waals surface area contributed by atoms with Crippen LogP contribution in [0.3, 0.4) is 0 Å². The molecule has 0 atom stereocenters. The summed E-state index contributed by atoms with van der Waals surface area (Å²) in [6.45, 7) is 0. The number of hydrogen-bond donors (Lipinski definition) is 0. The van der Waals surface area contributed by atoms with Gasteiger partial charge in [-0.2, -0.15) is 0 Å². The molecule has 0 spiro atoms. The van der Waals surface area contributed by atoms with E-state index in [4.69, 9.17) is 0 Å².